The van der Waals surface area contributed by atoms with Crippen LogP contribution in [0.1, 0.15) is 42.5 Å². The van der Waals surface area contributed by atoms with Crippen molar-refractivity contribution in [3.8, 4) is 0 Å². The van der Waals surface area contributed by atoms with Gasteiger partial charge in [0.2, 0.25) is 11.9 Å². The summed E-state index contributed by atoms with van der Waals surface area (Å²) in [6.45, 7) is -0.0156. The van der Waals surface area contributed by atoms with Crippen molar-refractivity contribution >= 4 is 17.7 Å². The molecule has 1 aliphatic heterocycles. The normalized spacial score (nSPS) is 21.6. The fourth-order valence-electron chi connectivity index (χ4n) is 3.68. The maximum atomic E-state index is 14.3. The van der Waals surface area contributed by atoms with Crippen molar-refractivity contribution in [1.82, 2.24) is 25.1 Å². The van der Waals surface area contributed by atoms with Crippen LogP contribution in [0.15, 0.2) is 30.6 Å². The van der Waals surface area contributed by atoms with E-state index >= 15 is 0 Å². The zero-order valence-corrected chi connectivity index (χ0v) is 15.3. The predicted octanol–water partition coefficient (Wildman–Crippen LogP) is 3.78. The van der Waals surface area contributed by atoms with Crippen LogP contribution >= 0.6 is 0 Å². The number of hydrogen-bond acceptors (Lipinski definition) is 6. The summed E-state index contributed by atoms with van der Waals surface area (Å²) in [5.41, 5.74) is 1.14. The first kappa shape index (κ1) is 17.9. The molecule has 7 nitrogen and oxygen atoms in total. The zero-order chi connectivity index (χ0) is 20.0. The number of H-pyrrole nitrogens is 1. The van der Waals surface area contributed by atoms with E-state index < -0.39 is 23.8 Å². The number of nitrogens with one attached hydrogen (secondary N) is 2. The van der Waals surface area contributed by atoms with Crippen LogP contribution in [0, 0.1) is 11.6 Å². The predicted molar refractivity (Wildman–Crippen MR) is 99.6 cm³/mol. The van der Waals surface area contributed by atoms with Crippen LogP contribution in [0.25, 0.3) is 0 Å². The lowest BCUT2D eigenvalue weighted by molar-refractivity contribution is 0.355. The second-order valence-electron chi connectivity index (χ2n) is 7.38. The summed E-state index contributed by atoms with van der Waals surface area (Å²) in [5.74, 6) is 0.360. The van der Waals surface area contributed by atoms with E-state index in [1.165, 1.54) is 11.2 Å². The summed E-state index contributed by atoms with van der Waals surface area (Å²) < 4.78 is 42.1. The lowest BCUT2D eigenvalue weighted by Crippen LogP contribution is -2.26. The second kappa shape index (κ2) is 7.02. The minimum absolute atomic E-state index is 0.0156. The molecule has 2 unspecified atom stereocenters. The van der Waals surface area contributed by atoms with Gasteiger partial charge in [-0.15, -0.1) is 0 Å². The Morgan fingerprint density at radius 1 is 1.14 bits per heavy atom. The first-order valence-corrected chi connectivity index (χ1v) is 9.44. The molecular weight excluding hydrogens is 383 g/mol. The highest BCUT2D eigenvalue weighted by atomic mass is 19.1. The number of aromatic amines is 1. The van der Waals surface area contributed by atoms with E-state index in [9.17, 15) is 13.2 Å². The topological polar surface area (TPSA) is 82.6 Å². The number of alkyl halides is 1. The smallest absolute Gasteiger partial charge is 0.233 e. The van der Waals surface area contributed by atoms with Crippen LogP contribution in [-0.4, -0.2) is 37.9 Å². The highest BCUT2D eigenvalue weighted by Crippen LogP contribution is 2.40. The number of halogens is 3. The van der Waals surface area contributed by atoms with Gasteiger partial charge in [-0.3, -0.25) is 5.10 Å². The molecule has 2 N–H and O–H groups in total. The van der Waals surface area contributed by atoms with Gasteiger partial charge in [0.1, 0.15) is 24.1 Å². The number of aromatic nitrogens is 5. The molecule has 0 spiro atoms. The Kier molecular flexibility index (Phi) is 4.33. The Morgan fingerprint density at radius 2 is 2.00 bits per heavy atom. The third kappa shape index (κ3) is 3.62. The quantitative estimate of drug-likeness (QED) is 0.677. The molecule has 2 aliphatic rings. The molecular formula is C19H18F3N7. The molecule has 3 aromatic rings. The first-order chi connectivity index (χ1) is 14.1. The molecule has 3 heterocycles. The van der Waals surface area contributed by atoms with Gasteiger partial charge < -0.3 is 10.2 Å². The van der Waals surface area contributed by atoms with E-state index in [4.69, 9.17) is 0 Å². The lowest BCUT2D eigenvalue weighted by atomic mass is 10.0. The molecule has 10 heteroatoms. The average Bonchev–Trinajstić information content (AvgIpc) is 3.34. The van der Waals surface area contributed by atoms with Gasteiger partial charge in [0, 0.05) is 29.7 Å². The number of hydrogen-bond donors (Lipinski definition) is 2. The van der Waals surface area contributed by atoms with Gasteiger partial charge in [0.15, 0.2) is 5.82 Å². The van der Waals surface area contributed by atoms with Crippen LogP contribution in [0.5, 0.6) is 0 Å². The van der Waals surface area contributed by atoms with Crippen LogP contribution in [0.2, 0.25) is 0 Å². The van der Waals surface area contributed by atoms with E-state index in [0.717, 1.165) is 36.7 Å². The molecule has 5 rings (SSSR count). The largest absolute Gasteiger partial charge is 0.330 e. The minimum atomic E-state index is -1.21. The molecule has 1 aromatic carbocycles. The molecule has 1 saturated carbocycles. The maximum Gasteiger partial charge on any atom is 0.233 e. The molecule has 2 fully saturated rings. The highest BCUT2D eigenvalue weighted by molar-refractivity contribution is 5.51. The van der Waals surface area contributed by atoms with E-state index in [0.29, 0.717) is 11.7 Å². The number of nitrogens with zero attached hydrogens (tertiary/aromatic N) is 5. The van der Waals surface area contributed by atoms with Gasteiger partial charge in [-0.25, -0.2) is 23.1 Å². The highest BCUT2D eigenvalue weighted by Gasteiger charge is 2.36. The van der Waals surface area contributed by atoms with Crippen molar-refractivity contribution < 1.29 is 13.2 Å². The molecule has 0 amide bonds. The standard InChI is InChI=1S/C19H18F3N7/c20-11-3-4-14(22)13(5-11)16-6-12(21)8-29(16)19-24-9-23-18(26-19)25-17-7-15(27-28-17)10-1-2-10/h3-5,7,9-10,12,16H,1-2,6,8H2,(H2,23,24,25,26,27,28). The van der Waals surface area contributed by atoms with E-state index in [2.05, 4.69) is 30.5 Å². The van der Waals surface area contributed by atoms with Gasteiger partial charge in [-0.05, 0) is 31.0 Å². The number of rotatable bonds is 5. The van der Waals surface area contributed by atoms with Crippen LogP contribution in [0.3, 0.4) is 0 Å². The van der Waals surface area contributed by atoms with Crippen molar-refractivity contribution in [2.24, 2.45) is 0 Å². The Morgan fingerprint density at radius 3 is 2.83 bits per heavy atom. The fraction of sp³-hybridized carbons (Fsp3) is 0.368. The molecule has 29 heavy (non-hydrogen) atoms. The van der Waals surface area contributed by atoms with Crippen molar-refractivity contribution in [1.29, 1.82) is 0 Å². The SMILES string of the molecule is Fc1ccc(F)c(C2CC(F)CN2c2ncnc(Nc3cc(C4CC4)[nH]n3)n2)c1. The summed E-state index contributed by atoms with van der Waals surface area (Å²) >= 11 is 0. The summed E-state index contributed by atoms with van der Waals surface area (Å²) in [4.78, 5) is 14.1. The Balaban J connectivity index is 1.41. The monoisotopic (exact) mass is 401 g/mol. The fourth-order valence-corrected chi connectivity index (χ4v) is 3.68. The van der Waals surface area contributed by atoms with Gasteiger partial charge in [-0.1, -0.05) is 0 Å². The van der Waals surface area contributed by atoms with Crippen LogP contribution in [-0.2, 0) is 0 Å². The first-order valence-electron chi connectivity index (χ1n) is 9.44. The summed E-state index contributed by atoms with van der Waals surface area (Å²) in [6.07, 6.45) is 2.41. The van der Waals surface area contributed by atoms with Crippen molar-refractivity contribution in [2.45, 2.75) is 37.4 Å². The minimum Gasteiger partial charge on any atom is -0.330 e. The van der Waals surface area contributed by atoms with Crippen molar-refractivity contribution in [3.63, 3.8) is 0 Å². The van der Waals surface area contributed by atoms with Crippen LogP contribution in [0.4, 0.5) is 30.9 Å². The maximum absolute atomic E-state index is 14.3. The van der Waals surface area contributed by atoms with Gasteiger partial charge in [0.25, 0.3) is 0 Å². The second-order valence-corrected chi connectivity index (χ2v) is 7.38. The molecule has 0 bridgehead atoms. The lowest BCUT2D eigenvalue weighted by Gasteiger charge is -2.25. The van der Waals surface area contributed by atoms with Gasteiger partial charge >= 0.3 is 0 Å². The summed E-state index contributed by atoms with van der Waals surface area (Å²) in [5, 5.41) is 10.2. The average molecular weight is 401 g/mol. The van der Waals surface area contributed by atoms with Gasteiger partial charge in [-0.2, -0.15) is 10.1 Å². The van der Waals surface area contributed by atoms with Gasteiger partial charge in [0.05, 0.1) is 12.6 Å². The Bertz CT molecular complexity index is 1040. The molecule has 0 radical (unpaired) electrons. The van der Waals surface area contributed by atoms with E-state index in [1.54, 1.807) is 0 Å². The van der Waals surface area contributed by atoms with E-state index in [1.807, 2.05) is 6.07 Å². The third-order valence-corrected chi connectivity index (χ3v) is 5.24. The Hall–Kier alpha value is -3.17. The molecule has 1 saturated heterocycles. The molecule has 2 aromatic heterocycles. The molecule has 1 aliphatic carbocycles. The molecule has 150 valence electrons. The summed E-state index contributed by atoms with van der Waals surface area (Å²) in [6, 6.07) is 4.37. The summed E-state index contributed by atoms with van der Waals surface area (Å²) in [7, 11) is 0. The molecule has 2 atom stereocenters. The number of benzene rings is 1. The van der Waals surface area contributed by atoms with E-state index in [-0.39, 0.29) is 30.4 Å². The van der Waals surface area contributed by atoms with Crippen molar-refractivity contribution in [2.75, 3.05) is 16.8 Å². The van der Waals surface area contributed by atoms with Crippen molar-refractivity contribution in [3.05, 3.63) is 53.5 Å². The van der Waals surface area contributed by atoms with Crippen LogP contribution < -0.4 is 10.2 Å². The Labute approximate surface area is 164 Å². The number of anilines is 3. The third-order valence-electron chi connectivity index (χ3n) is 5.24. The zero-order valence-electron chi connectivity index (χ0n) is 15.3.